The Morgan fingerprint density at radius 3 is 2.73 bits per heavy atom. The minimum atomic E-state index is -0.0622. The number of piperazine rings is 1. The lowest BCUT2D eigenvalue weighted by molar-refractivity contribution is 0.159. The Hall–Kier alpha value is -0.900. The molecule has 0 bridgehead atoms. The van der Waals surface area contributed by atoms with E-state index < -0.39 is 0 Å². The fourth-order valence-corrected chi connectivity index (χ4v) is 3.07. The molecule has 1 aromatic rings. The van der Waals surface area contributed by atoms with Crippen LogP contribution in [0.4, 0.5) is 4.39 Å². The fraction of sp³-hybridized carbons (Fsp3) is 0.556. The van der Waals surface area contributed by atoms with Crippen LogP contribution in [-0.4, -0.2) is 31.1 Å². The molecule has 1 heterocycles. The second-order valence-electron chi connectivity index (χ2n) is 5.90. The normalized spacial score (nSPS) is 16.8. The summed E-state index contributed by atoms with van der Waals surface area (Å²) >= 11 is 0. The van der Waals surface area contributed by atoms with Crippen molar-refractivity contribution < 1.29 is 4.39 Å². The van der Waals surface area contributed by atoms with Gasteiger partial charge in [0.25, 0.3) is 0 Å². The van der Waals surface area contributed by atoms with Gasteiger partial charge < -0.3 is 5.32 Å². The van der Waals surface area contributed by atoms with Gasteiger partial charge in [-0.15, -0.1) is 19.0 Å². The number of halogens is 2. The van der Waals surface area contributed by atoms with Crippen LogP contribution in [0.3, 0.4) is 0 Å². The second kappa shape index (κ2) is 9.98. The summed E-state index contributed by atoms with van der Waals surface area (Å²) < 4.78 is 14.3. The lowest BCUT2D eigenvalue weighted by Gasteiger charge is -2.35. The van der Waals surface area contributed by atoms with Gasteiger partial charge in [-0.1, -0.05) is 30.2 Å². The first kappa shape index (κ1) is 19.1. The molecule has 1 aromatic carbocycles. The Bertz CT molecular complexity index is 458. The van der Waals surface area contributed by atoms with Gasteiger partial charge in [-0.3, -0.25) is 4.90 Å². The molecule has 0 unspecified atom stereocenters. The molecule has 0 aromatic heterocycles. The largest absolute Gasteiger partial charge is 0.314 e. The van der Waals surface area contributed by atoms with E-state index in [4.69, 9.17) is 0 Å². The van der Waals surface area contributed by atoms with Crippen LogP contribution in [0.25, 0.3) is 0 Å². The summed E-state index contributed by atoms with van der Waals surface area (Å²) in [5.41, 5.74) is 2.01. The molecule has 0 saturated carbocycles. The highest BCUT2D eigenvalue weighted by Gasteiger charge is 2.24. The quantitative estimate of drug-likeness (QED) is 0.595. The zero-order valence-electron chi connectivity index (χ0n) is 13.5. The topological polar surface area (TPSA) is 15.3 Å². The molecule has 0 radical (unpaired) electrons. The average molecular weight is 327 g/mol. The van der Waals surface area contributed by atoms with Gasteiger partial charge in [0.1, 0.15) is 5.82 Å². The maximum absolute atomic E-state index is 14.3. The Morgan fingerprint density at radius 2 is 2.05 bits per heavy atom. The van der Waals surface area contributed by atoms with Crippen LogP contribution < -0.4 is 5.32 Å². The molecule has 1 aliphatic heterocycles. The Balaban J connectivity index is 0.00000242. The molecule has 1 aliphatic rings. The number of aryl methyl sites for hydroxylation is 1. The van der Waals surface area contributed by atoms with Crippen molar-refractivity contribution >= 4 is 12.4 Å². The van der Waals surface area contributed by atoms with Gasteiger partial charge in [-0.2, -0.15) is 0 Å². The lowest BCUT2D eigenvalue weighted by Crippen LogP contribution is -2.45. The maximum Gasteiger partial charge on any atom is 0.128 e. The van der Waals surface area contributed by atoms with Gasteiger partial charge in [0.15, 0.2) is 0 Å². The predicted molar refractivity (Wildman–Crippen MR) is 94.2 cm³/mol. The third kappa shape index (κ3) is 5.38. The highest BCUT2D eigenvalue weighted by Crippen LogP contribution is 2.29. The molecule has 1 atom stereocenters. The molecular formula is C18H28ClFN2. The van der Waals surface area contributed by atoms with Crippen molar-refractivity contribution in [2.75, 3.05) is 26.2 Å². The van der Waals surface area contributed by atoms with Crippen molar-refractivity contribution in [2.24, 2.45) is 0 Å². The first-order valence-corrected chi connectivity index (χ1v) is 8.04. The molecule has 0 spiro atoms. The summed E-state index contributed by atoms with van der Waals surface area (Å²) in [5.74, 6) is -0.0622. The van der Waals surface area contributed by atoms with Gasteiger partial charge in [0.2, 0.25) is 0 Å². The van der Waals surface area contributed by atoms with Crippen LogP contribution in [-0.2, 0) is 0 Å². The monoisotopic (exact) mass is 326 g/mol. The molecule has 22 heavy (non-hydrogen) atoms. The van der Waals surface area contributed by atoms with Crippen molar-refractivity contribution in [3.05, 3.63) is 47.8 Å². The van der Waals surface area contributed by atoms with Gasteiger partial charge in [-0.25, -0.2) is 4.39 Å². The molecule has 0 amide bonds. The van der Waals surface area contributed by atoms with E-state index >= 15 is 0 Å². The van der Waals surface area contributed by atoms with Gasteiger partial charge in [0, 0.05) is 37.8 Å². The van der Waals surface area contributed by atoms with Crippen LogP contribution in [0.5, 0.6) is 0 Å². The summed E-state index contributed by atoms with van der Waals surface area (Å²) in [7, 11) is 0. The van der Waals surface area contributed by atoms with Crippen LogP contribution in [0.15, 0.2) is 30.9 Å². The van der Waals surface area contributed by atoms with Crippen molar-refractivity contribution in [3.63, 3.8) is 0 Å². The van der Waals surface area contributed by atoms with E-state index in [0.29, 0.717) is 0 Å². The zero-order chi connectivity index (χ0) is 15.1. The highest BCUT2D eigenvalue weighted by atomic mass is 35.5. The van der Waals surface area contributed by atoms with E-state index in [2.05, 4.69) is 16.8 Å². The molecule has 2 rings (SSSR count). The number of rotatable bonds is 7. The van der Waals surface area contributed by atoms with E-state index in [1.807, 2.05) is 25.1 Å². The molecule has 4 heteroatoms. The van der Waals surface area contributed by atoms with Crippen molar-refractivity contribution in [3.8, 4) is 0 Å². The van der Waals surface area contributed by atoms with Gasteiger partial charge >= 0.3 is 0 Å². The number of nitrogens with one attached hydrogen (secondary N) is 1. The van der Waals surface area contributed by atoms with E-state index in [0.717, 1.165) is 63.0 Å². The SMILES string of the molecule is C=CCCCC[C@@H](c1cc(C)ccc1F)N1CCNCC1.Cl. The van der Waals surface area contributed by atoms with E-state index in [9.17, 15) is 4.39 Å². The Kier molecular flexibility index (Phi) is 8.69. The Morgan fingerprint density at radius 1 is 1.32 bits per heavy atom. The van der Waals surface area contributed by atoms with Gasteiger partial charge in [-0.05, 0) is 32.3 Å². The number of benzene rings is 1. The third-order valence-electron chi connectivity index (χ3n) is 4.24. The summed E-state index contributed by atoms with van der Waals surface area (Å²) in [4.78, 5) is 2.43. The number of unbranched alkanes of at least 4 members (excludes halogenated alkanes) is 2. The minimum absolute atomic E-state index is 0. The van der Waals surface area contributed by atoms with Gasteiger partial charge in [0.05, 0.1) is 0 Å². The minimum Gasteiger partial charge on any atom is -0.314 e. The third-order valence-corrected chi connectivity index (χ3v) is 4.24. The number of hydrogen-bond acceptors (Lipinski definition) is 2. The smallest absolute Gasteiger partial charge is 0.128 e. The van der Waals surface area contributed by atoms with E-state index in [1.54, 1.807) is 6.07 Å². The average Bonchev–Trinajstić information content (AvgIpc) is 2.51. The van der Waals surface area contributed by atoms with E-state index in [-0.39, 0.29) is 24.3 Å². The lowest BCUT2D eigenvalue weighted by atomic mass is 9.96. The van der Waals surface area contributed by atoms with Crippen molar-refractivity contribution in [1.82, 2.24) is 10.2 Å². The maximum atomic E-state index is 14.3. The van der Waals surface area contributed by atoms with Crippen LogP contribution in [0.2, 0.25) is 0 Å². The Labute approximate surface area is 140 Å². The second-order valence-corrected chi connectivity index (χ2v) is 5.90. The number of hydrogen-bond donors (Lipinski definition) is 1. The zero-order valence-corrected chi connectivity index (χ0v) is 14.3. The molecule has 0 aliphatic carbocycles. The number of nitrogens with zero attached hydrogens (tertiary/aromatic N) is 1. The van der Waals surface area contributed by atoms with Crippen LogP contribution >= 0.6 is 12.4 Å². The van der Waals surface area contributed by atoms with Crippen molar-refractivity contribution in [2.45, 2.75) is 38.6 Å². The number of allylic oxidation sites excluding steroid dienone is 1. The van der Waals surface area contributed by atoms with Crippen LogP contribution in [0.1, 0.15) is 42.9 Å². The molecule has 1 N–H and O–H groups in total. The standard InChI is InChI=1S/C18H27FN2.ClH/c1-3-4-5-6-7-18(21-12-10-20-11-13-21)16-14-15(2)8-9-17(16)19;/h3,8-9,14,18,20H,1,4-7,10-13H2,2H3;1H/t18-;/m0./s1. The molecule has 2 nitrogen and oxygen atoms in total. The van der Waals surface area contributed by atoms with E-state index in [1.165, 1.54) is 0 Å². The van der Waals surface area contributed by atoms with Crippen LogP contribution in [0, 0.1) is 12.7 Å². The fourth-order valence-electron chi connectivity index (χ4n) is 3.07. The molecule has 1 saturated heterocycles. The summed E-state index contributed by atoms with van der Waals surface area (Å²) in [6, 6.07) is 5.70. The molecular weight excluding hydrogens is 299 g/mol. The van der Waals surface area contributed by atoms with Crippen molar-refractivity contribution in [1.29, 1.82) is 0 Å². The molecule has 124 valence electrons. The summed E-state index contributed by atoms with van der Waals surface area (Å²) in [6.45, 7) is 9.80. The highest BCUT2D eigenvalue weighted by molar-refractivity contribution is 5.85. The first-order valence-electron chi connectivity index (χ1n) is 8.04. The first-order chi connectivity index (χ1) is 10.2. The summed E-state index contributed by atoms with van der Waals surface area (Å²) in [5, 5.41) is 3.37. The predicted octanol–water partition coefficient (Wildman–Crippen LogP) is 4.25. The summed E-state index contributed by atoms with van der Waals surface area (Å²) in [6.07, 6.45) is 6.29. The molecule has 1 fully saturated rings.